The molecular formula is C12H8Cl3NO2. The van der Waals surface area contributed by atoms with Gasteiger partial charge in [-0.05, 0) is 25.1 Å². The SMILES string of the molecule is CCOC(=O)c1cc2cc(Cl)c(Cl)cc2nc1Cl. The first-order valence-electron chi connectivity index (χ1n) is 5.15. The van der Waals surface area contributed by atoms with E-state index in [0.717, 1.165) is 0 Å². The van der Waals surface area contributed by atoms with Crippen molar-refractivity contribution in [2.75, 3.05) is 6.61 Å². The predicted molar refractivity (Wildman–Crippen MR) is 72.7 cm³/mol. The summed E-state index contributed by atoms with van der Waals surface area (Å²) in [5, 5.41) is 1.54. The number of fused-ring (bicyclic) bond motifs is 1. The zero-order chi connectivity index (χ0) is 13.3. The Balaban J connectivity index is 2.61. The van der Waals surface area contributed by atoms with Crippen molar-refractivity contribution in [3.63, 3.8) is 0 Å². The largest absolute Gasteiger partial charge is 0.462 e. The van der Waals surface area contributed by atoms with Crippen LogP contribution < -0.4 is 0 Å². The molecule has 0 aliphatic heterocycles. The zero-order valence-electron chi connectivity index (χ0n) is 9.34. The van der Waals surface area contributed by atoms with Gasteiger partial charge in [0.2, 0.25) is 0 Å². The molecule has 0 unspecified atom stereocenters. The van der Waals surface area contributed by atoms with E-state index in [-0.39, 0.29) is 17.3 Å². The van der Waals surface area contributed by atoms with Crippen LogP contribution in [0, 0.1) is 0 Å². The van der Waals surface area contributed by atoms with Crippen LogP contribution in [-0.2, 0) is 4.74 Å². The molecule has 0 N–H and O–H groups in total. The molecule has 2 rings (SSSR count). The van der Waals surface area contributed by atoms with Crippen LogP contribution in [0.25, 0.3) is 10.9 Å². The molecule has 0 radical (unpaired) electrons. The second-order valence-electron chi connectivity index (χ2n) is 3.51. The highest BCUT2D eigenvalue weighted by Crippen LogP contribution is 2.29. The van der Waals surface area contributed by atoms with Gasteiger partial charge in [0.1, 0.15) is 5.15 Å². The minimum Gasteiger partial charge on any atom is -0.462 e. The summed E-state index contributed by atoms with van der Waals surface area (Å²) in [6.45, 7) is 1.99. The maximum absolute atomic E-state index is 11.7. The molecule has 0 atom stereocenters. The third kappa shape index (κ3) is 2.53. The third-order valence-corrected chi connectivity index (χ3v) is 3.32. The molecule has 0 fully saturated rings. The molecule has 6 heteroatoms. The molecule has 1 aromatic heterocycles. The number of halogens is 3. The van der Waals surface area contributed by atoms with Gasteiger partial charge >= 0.3 is 5.97 Å². The van der Waals surface area contributed by atoms with E-state index in [1.165, 1.54) is 0 Å². The van der Waals surface area contributed by atoms with Crippen LogP contribution in [-0.4, -0.2) is 17.6 Å². The number of esters is 1. The summed E-state index contributed by atoms with van der Waals surface area (Å²) in [6.07, 6.45) is 0. The lowest BCUT2D eigenvalue weighted by Crippen LogP contribution is -2.06. The lowest BCUT2D eigenvalue weighted by Gasteiger charge is -2.06. The Labute approximate surface area is 119 Å². The van der Waals surface area contributed by atoms with Gasteiger partial charge in [0.15, 0.2) is 0 Å². The van der Waals surface area contributed by atoms with Gasteiger partial charge in [-0.25, -0.2) is 9.78 Å². The molecule has 0 spiro atoms. The highest BCUT2D eigenvalue weighted by molar-refractivity contribution is 6.42. The average molecular weight is 305 g/mol. The van der Waals surface area contributed by atoms with E-state index >= 15 is 0 Å². The summed E-state index contributed by atoms with van der Waals surface area (Å²) in [5.74, 6) is -0.511. The van der Waals surface area contributed by atoms with Crippen LogP contribution in [0.5, 0.6) is 0 Å². The molecule has 0 amide bonds. The maximum Gasteiger partial charge on any atom is 0.341 e. The van der Waals surface area contributed by atoms with E-state index in [2.05, 4.69) is 4.98 Å². The van der Waals surface area contributed by atoms with Crippen molar-refractivity contribution in [2.45, 2.75) is 6.92 Å². The first-order chi connectivity index (χ1) is 8.52. The topological polar surface area (TPSA) is 39.2 Å². The van der Waals surface area contributed by atoms with Gasteiger partial charge in [-0.15, -0.1) is 0 Å². The van der Waals surface area contributed by atoms with Crippen molar-refractivity contribution in [1.82, 2.24) is 4.98 Å². The van der Waals surface area contributed by atoms with Gasteiger partial charge in [-0.3, -0.25) is 0 Å². The summed E-state index contributed by atoms with van der Waals surface area (Å²) in [5.41, 5.74) is 0.784. The Morgan fingerprint density at radius 1 is 1.22 bits per heavy atom. The Bertz CT molecular complexity index is 628. The quantitative estimate of drug-likeness (QED) is 0.611. The van der Waals surface area contributed by atoms with Gasteiger partial charge in [0, 0.05) is 5.39 Å². The summed E-state index contributed by atoms with van der Waals surface area (Å²) >= 11 is 17.7. The van der Waals surface area contributed by atoms with Crippen LogP contribution in [0.4, 0.5) is 0 Å². The Hall–Kier alpha value is -1.03. The molecule has 0 bridgehead atoms. The van der Waals surface area contributed by atoms with Crippen molar-refractivity contribution in [2.24, 2.45) is 0 Å². The normalized spacial score (nSPS) is 10.7. The van der Waals surface area contributed by atoms with Crippen LogP contribution >= 0.6 is 34.8 Å². The molecule has 94 valence electrons. The number of carbonyl (C=O) groups is 1. The van der Waals surface area contributed by atoms with Crippen molar-refractivity contribution in [3.8, 4) is 0 Å². The summed E-state index contributed by atoms with van der Waals surface area (Å²) in [4.78, 5) is 15.8. The van der Waals surface area contributed by atoms with E-state index in [4.69, 9.17) is 39.5 Å². The fraction of sp³-hybridized carbons (Fsp3) is 0.167. The van der Waals surface area contributed by atoms with Gasteiger partial charge in [-0.2, -0.15) is 0 Å². The molecule has 0 saturated heterocycles. The Morgan fingerprint density at radius 3 is 2.56 bits per heavy atom. The Kier molecular flexibility index (Phi) is 3.95. The summed E-state index contributed by atoms with van der Waals surface area (Å²) in [7, 11) is 0. The number of rotatable bonds is 2. The number of benzene rings is 1. The smallest absolute Gasteiger partial charge is 0.341 e. The molecule has 1 aromatic carbocycles. The second-order valence-corrected chi connectivity index (χ2v) is 4.68. The fourth-order valence-electron chi connectivity index (χ4n) is 1.50. The number of hydrogen-bond acceptors (Lipinski definition) is 3. The van der Waals surface area contributed by atoms with Crippen molar-refractivity contribution in [1.29, 1.82) is 0 Å². The second kappa shape index (κ2) is 5.31. The van der Waals surface area contributed by atoms with E-state index < -0.39 is 5.97 Å². The number of nitrogens with zero attached hydrogens (tertiary/aromatic N) is 1. The number of hydrogen-bond donors (Lipinski definition) is 0. The van der Waals surface area contributed by atoms with Crippen molar-refractivity contribution >= 4 is 51.7 Å². The monoisotopic (exact) mass is 303 g/mol. The van der Waals surface area contributed by atoms with Crippen molar-refractivity contribution < 1.29 is 9.53 Å². The molecular weight excluding hydrogens is 296 g/mol. The molecule has 18 heavy (non-hydrogen) atoms. The van der Waals surface area contributed by atoms with Gasteiger partial charge in [0.25, 0.3) is 0 Å². The lowest BCUT2D eigenvalue weighted by atomic mass is 10.1. The van der Waals surface area contributed by atoms with Crippen molar-refractivity contribution in [3.05, 3.63) is 39.0 Å². The van der Waals surface area contributed by atoms with E-state index in [1.807, 2.05) is 0 Å². The highest BCUT2D eigenvalue weighted by atomic mass is 35.5. The van der Waals surface area contributed by atoms with Crippen LogP contribution in [0.1, 0.15) is 17.3 Å². The van der Waals surface area contributed by atoms with Crippen LogP contribution in [0.15, 0.2) is 18.2 Å². The van der Waals surface area contributed by atoms with Gasteiger partial charge in [0.05, 0.1) is 27.7 Å². The molecule has 0 aliphatic carbocycles. The molecule has 1 heterocycles. The minimum absolute atomic E-state index is 0.0827. The summed E-state index contributed by atoms with van der Waals surface area (Å²) < 4.78 is 4.89. The Morgan fingerprint density at radius 2 is 1.89 bits per heavy atom. The molecule has 3 nitrogen and oxygen atoms in total. The van der Waals surface area contributed by atoms with E-state index in [9.17, 15) is 4.79 Å². The molecule has 2 aromatic rings. The zero-order valence-corrected chi connectivity index (χ0v) is 11.6. The number of ether oxygens (including phenoxy) is 1. The average Bonchev–Trinajstić information content (AvgIpc) is 2.31. The fourth-order valence-corrected chi connectivity index (χ4v) is 2.05. The third-order valence-electron chi connectivity index (χ3n) is 2.31. The lowest BCUT2D eigenvalue weighted by molar-refractivity contribution is 0.0526. The summed E-state index contributed by atoms with van der Waals surface area (Å²) in [6, 6.07) is 4.82. The van der Waals surface area contributed by atoms with Crippen LogP contribution in [0.3, 0.4) is 0 Å². The van der Waals surface area contributed by atoms with Gasteiger partial charge in [-0.1, -0.05) is 34.8 Å². The molecule has 0 aliphatic rings. The minimum atomic E-state index is -0.511. The standard InChI is InChI=1S/C12H8Cl3NO2/c1-2-18-12(17)7-3-6-4-8(13)9(14)5-10(6)16-11(7)15/h3-5H,2H2,1H3. The number of carbonyl (C=O) groups excluding carboxylic acids is 1. The first-order valence-corrected chi connectivity index (χ1v) is 6.28. The maximum atomic E-state index is 11.7. The number of aromatic nitrogens is 1. The molecule has 0 saturated carbocycles. The van der Waals surface area contributed by atoms with Gasteiger partial charge < -0.3 is 4.74 Å². The number of pyridine rings is 1. The van der Waals surface area contributed by atoms with E-state index in [0.29, 0.717) is 20.9 Å². The predicted octanol–water partition coefficient (Wildman–Crippen LogP) is 4.37. The van der Waals surface area contributed by atoms with E-state index in [1.54, 1.807) is 25.1 Å². The first kappa shape index (κ1) is 13.4. The highest BCUT2D eigenvalue weighted by Gasteiger charge is 2.14. The van der Waals surface area contributed by atoms with Crippen LogP contribution in [0.2, 0.25) is 15.2 Å².